The van der Waals surface area contributed by atoms with Crippen molar-refractivity contribution in [1.82, 2.24) is 4.98 Å². The molecule has 1 aromatic heterocycles. The summed E-state index contributed by atoms with van der Waals surface area (Å²) in [6.45, 7) is 5.67. The number of aryl methyl sites for hydroxylation is 1. The van der Waals surface area contributed by atoms with Crippen molar-refractivity contribution in [3.63, 3.8) is 0 Å². The number of carbonyl (C=O) groups is 1. The molecule has 1 unspecified atom stereocenters. The van der Waals surface area contributed by atoms with Crippen LogP contribution in [0.3, 0.4) is 0 Å². The van der Waals surface area contributed by atoms with Crippen molar-refractivity contribution in [3.05, 3.63) is 48.2 Å². The van der Waals surface area contributed by atoms with Gasteiger partial charge in [-0.1, -0.05) is 71.3 Å². The smallest absolute Gasteiger partial charge is 0.331 e. The largest absolute Gasteiger partial charge is 0.425 e. The van der Waals surface area contributed by atoms with Crippen molar-refractivity contribution in [2.75, 3.05) is 0 Å². The summed E-state index contributed by atoms with van der Waals surface area (Å²) in [6, 6.07) is 13.5. The van der Waals surface area contributed by atoms with Crippen molar-refractivity contribution >= 4 is 5.97 Å². The topological polar surface area (TPSA) is 63.0 Å². The van der Waals surface area contributed by atoms with E-state index in [0.29, 0.717) is 12.2 Å². The van der Waals surface area contributed by atoms with Gasteiger partial charge in [-0.25, -0.2) is 4.79 Å². The third-order valence-electron chi connectivity index (χ3n) is 6.16. The molecule has 4 heteroatoms. The van der Waals surface area contributed by atoms with E-state index in [4.69, 9.17) is 4.74 Å². The van der Waals surface area contributed by atoms with Crippen LogP contribution in [0.15, 0.2) is 42.6 Å². The number of unbranched alkanes of at least 4 members (excludes halogenated alkanes) is 8. The Morgan fingerprint density at radius 3 is 2.09 bits per heavy atom. The average Bonchev–Trinajstić information content (AvgIpc) is 2.83. The summed E-state index contributed by atoms with van der Waals surface area (Å²) in [7, 11) is 0. The number of rotatable bonds is 14. The molecule has 0 saturated carbocycles. The quantitative estimate of drug-likeness (QED) is 0.174. The van der Waals surface area contributed by atoms with Crippen LogP contribution in [0.4, 0.5) is 0 Å². The van der Waals surface area contributed by atoms with Crippen molar-refractivity contribution in [2.24, 2.45) is 5.41 Å². The maximum atomic E-state index is 12.2. The predicted octanol–water partition coefficient (Wildman–Crippen LogP) is 7.67. The molecule has 0 aliphatic rings. The number of carbonyl (C=O) groups excluding carboxylic acids is 1. The van der Waals surface area contributed by atoms with Gasteiger partial charge in [-0.15, -0.1) is 0 Å². The number of hydrogen-bond acceptors (Lipinski definition) is 4. The average molecular weight is 435 g/mol. The lowest BCUT2D eigenvalue weighted by Gasteiger charge is -2.17. The van der Waals surface area contributed by atoms with Crippen LogP contribution in [-0.4, -0.2) is 11.0 Å². The highest BCUT2D eigenvalue weighted by Crippen LogP contribution is 2.26. The van der Waals surface area contributed by atoms with E-state index in [0.717, 1.165) is 17.7 Å². The minimum atomic E-state index is -1.12. The number of aromatic nitrogens is 1. The Hall–Kier alpha value is -2.67. The zero-order chi connectivity index (χ0) is 23.2. The van der Waals surface area contributed by atoms with Gasteiger partial charge in [0.15, 0.2) is 5.41 Å². The summed E-state index contributed by atoms with van der Waals surface area (Å²) in [4.78, 5) is 16.8. The van der Waals surface area contributed by atoms with E-state index in [2.05, 4.69) is 18.0 Å². The number of nitriles is 1. The molecule has 2 rings (SSSR count). The lowest BCUT2D eigenvalue weighted by Crippen LogP contribution is -2.29. The van der Waals surface area contributed by atoms with Gasteiger partial charge in [0.2, 0.25) is 0 Å². The van der Waals surface area contributed by atoms with Crippen LogP contribution in [0.25, 0.3) is 11.3 Å². The highest BCUT2D eigenvalue weighted by atomic mass is 16.5. The summed E-state index contributed by atoms with van der Waals surface area (Å²) < 4.78 is 5.39. The fraction of sp³-hybridized carbons (Fsp3) is 0.536. The normalized spacial score (nSPS) is 12.7. The molecule has 1 heterocycles. The molecule has 0 aliphatic carbocycles. The zero-order valence-corrected chi connectivity index (χ0v) is 20.0. The molecule has 172 valence electrons. The molecule has 0 saturated heterocycles. The summed E-state index contributed by atoms with van der Waals surface area (Å²) in [5, 5.41) is 9.22. The first-order valence-corrected chi connectivity index (χ1v) is 12.2. The lowest BCUT2D eigenvalue weighted by molar-refractivity contribution is -0.141. The maximum absolute atomic E-state index is 12.2. The van der Waals surface area contributed by atoms with Gasteiger partial charge < -0.3 is 4.74 Å². The second kappa shape index (κ2) is 13.7. The van der Waals surface area contributed by atoms with Crippen LogP contribution in [0.1, 0.15) is 90.5 Å². The van der Waals surface area contributed by atoms with E-state index in [1.54, 1.807) is 26.0 Å². The molecule has 0 amide bonds. The molecule has 0 spiro atoms. The first kappa shape index (κ1) is 25.6. The molecule has 0 N–H and O–H groups in total. The summed E-state index contributed by atoms with van der Waals surface area (Å²) in [5.74, 6) is -0.0788. The second-order valence-electron chi connectivity index (χ2n) is 8.84. The maximum Gasteiger partial charge on any atom is 0.331 e. The Morgan fingerprint density at radius 1 is 0.938 bits per heavy atom. The third kappa shape index (κ3) is 8.11. The van der Waals surface area contributed by atoms with Gasteiger partial charge in [0.05, 0.1) is 11.8 Å². The summed E-state index contributed by atoms with van der Waals surface area (Å²) >= 11 is 0. The van der Waals surface area contributed by atoms with E-state index in [9.17, 15) is 10.1 Å². The number of benzene rings is 1. The molecule has 1 aromatic carbocycles. The number of nitrogens with zero attached hydrogens (tertiary/aromatic N) is 2. The van der Waals surface area contributed by atoms with E-state index < -0.39 is 11.4 Å². The highest BCUT2D eigenvalue weighted by molar-refractivity contribution is 5.81. The van der Waals surface area contributed by atoms with Crippen LogP contribution in [0.5, 0.6) is 5.75 Å². The number of ether oxygens (including phenoxy) is 1. The zero-order valence-electron chi connectivity index (χ0n) is 20.0. The Balaban J connectivity index is 1.77. The molecular formula is C28H38N2O2. The van der Waals surface area contributed by atoms with E-state index >= 15 is 0 Å². The molecule has 32 heavy (non-hydrogen) atoms. The standard InChI is InChI=1S/C28H38N2O2/c1-4-6-7-8-9-10-11-12-13-14-23-15-20-26(30-21-23)24-16-18-25(19-17-24)32-27(31)28(3,5-2)22-29/h15-21H,4-14H2,1-3H3. The predicted molar refractivity (Wildman–Crippen MR) is 130 cm³/mol. The fourth-order valence-corrected chi connectivity index (χ4v) is 3.57. The number of pyridine rings is 1. The Kier molecular flexibility index (Phi) is 10.9. The van der Waals surface area contributed by atoms with Gasteiger partial charge in [-0.2, -0.15) is 5.26 Å². The van der Waals surface area contributed by atoms with Gasteiger partial charge in [-0.05, 0) is 62.1 Å². The van der Waals surface area contributed by atoms with Crippen molar-refractivity contribution in [3.8, 4) is 23.1 Å². The number of hydrogen-bond donors (Lipinski definition) is 0. The van der Waals surface area contributed by atoms with Crippen LogP contribution in [0.2, 0.25) is 0 Å². The monoisotopic (exact) mass is 434 g/mol. The molecular weight excluding hydrogens is 396 g/mol. The highest BCUT2D eigenvalue weighted by Gasteiger charge is 2.33. The van der Waals surface area contributed by atoms with Gasteiger partial charge in [0.25, 0.3) is 0 Å². The van der Waals surface area contributed by atoms with Gasteiger partial charge in [-0.3, -0.25) is 4.98 Å². The Bertz CT molecular complexity index is 852. The van der Waals surface area contributed by atoms with E-state index in [-0.39, 0.29) is 0 Å². The first-order valence-electron chi connectivity index (χ1n) is 12.2. The summed E-state index contributed by atoms with van der Waals surface area (Å²) in [6.07, 6.45) is 15.5. The molecule has 0 bridgehead atoms. The van der Waals surface area contributed by atoms with Crippen molar-refractivity contribution < 1.29 is 9.53 Å². The lowest BCUT2D eigenvalue weighted by atomic mass is 9.90. The molecule has 2 aromatic rings. The molecule has 0 aliphatic heterocycles. The number of esters is 1. The second-order valence-corrected chi connectivity index (χ2v) is 8.84. The fourth-order valence-electron chi connectivity index (χ4n) is 3.57. The molecule has 4 nitrogen and oxygen atoms in total. The molecule has 1 atom stereocenters. The summed E-state index contributed by atoms with van der Waals surface area (Å²) in [5.41, 5.74) is 2.02. The SMILES string of the molecule is CCCCCCCCCCCc1ccc(-c2ccc(OC(=O)C(C)(C#N)CC)cc2)nc1. The van der Waals surface area contributed by atoms with E-state index in [1.165, 1.54) is 63.4 Å². The van der Waals surface area contributed by atoms with Crippen LogP contribution < -0.4 is 4.74 Å². The van der Waals surface area contributed by atoms with Crippen LogP contribution in [-0.2, 0) is 11.2 Å². The first-order chi connectivity index (χ1) is 15.5. The van der Waals surface area contributed by atoms with Crippen molar-refractivity contribution in [2.45, 2.75) is 91.4 Å². The molecule has 0 radical (unpaired) electrons. The van der Waals surface area contributed by atoms with Gasteiger partial charge in [0, 0.05) is 11.8 Å². The minimum absolute atomic E-state index is 0.412. The van der Waals surface area contributed by atoms with Gasteiger partial charge in [0.1, 0.15) is 5.75 Å². The van der Waals surface area contributed by atoms with Crippen molar-refractivity contribution in [1.29, 1.82) is 5.26 Å². The molecule has 0 fully saturated rings. The minimum Gasteiger partial charge on any atom is -0.425 e. The van der Waals surface area contributed by atoms with Crippen LogP contribution in [0, 0.1) is 16.7 Å². The Labute approximate surface area is 194 Å². The van der Waals surface area contributed by atoms with E-state index in [1.807, 2.05) is 30.5 Å². The van der Waals surface area contributed by atoms with Crippen LogP contribution >= 0.6 is 0 Å². The Morgan fingerprint density at radius 2 is 1.56 bits per heavy atom. The van der Waals surface area contributed by atoms with Gasteiger partial charge >= 0.3 is 5.97 Å². The third-order valence-corrected chi connectivity index (χ3v) is 6.16.